The van der Waals surface area contributed by atoms with Gasteiger partial charge < -0.3 is 10.1 Å². The van der Waals surface area contributed by atoms with Gasteiger partial charge in [-0.2, -0.15) is 0 Å². The highest BCUT2D eigenvalue weighted by molar-refractivity contribution is 7.09. The van der Waals surface area contributed by atoms with Gasteiger partial charge in [0.2, 0.25) is 5.91 Å². The number of hydrogen-bond donors (Lipinski definition) is 1. The van der Waals surface area contributed by atoms with Crippen molar-refractivity contribution in [1.82, 2.24) is 9.97 Å². The van der Waals surface area contributed by atoms with E-state index < -0.39 is 0 Å². The molecule has 7 heteroatoms. The predicted octanol–water partition coefficient (Wildman–Crippen LogP) is 4.57. The van der Waals surface area contributed by atoms with Crippen LogP contribution in [0.25, 0.3) is 0 Å². The van der Waals surface area contributed by atoms with Crippen LogP contribution in [0.3, 0.4) is 0 Å². The number of amides is 1. The molecule has 0 aliphatic rings. The second-order valence-corrected chi connectivity index (χ2v) is 7.22. The summed E-state index contributed by atoms with van der Waals surface area (Å²) in [5.41, 5.74) is 3.34. The Balaban J connectivity index is 1.54. The molecule has 0 unspecified atom stereocenters. The zero-order valence-corrected chi connectivity index (χ0v) is 16.0. The lowest BCUT2D eigenvalue weighted by molar-refractivity contribution is -0.115. The first-order valence-corrected chi connectivity index (χ1v) is 9.30. The molecule has 134 valence electrons. The van der Waals surface area contributed by atoms with Gasteiger partial charge in [-0.3, -0.25) is 9.78 Å². The quantitative estimate of drug-likeness (QED) is 0.673. The van der Waals surface area contributed by atoms with Gasteiger partial charge >= 0.3 is 0 Å². The standard InChI is InChI=1S/C19H18ClN3O2S/c1-12-7-14(20)4-6-17(12)23-18(24)8-15-11-26-19(22-15)10-25-16-5-3-13(2)21-9-16/h3-7,9,11H,8,10H2,1-2H3,(H,23,24). The Bertz CT molecular complexity index is 909. The molecule has 0 aliphatic carbocycles. The van der Waals surface area contributed by atoms with E-state index in [1.807, 2.05) is 37.4 Å². The fourth-order valence-corrected chi connectivity index (χ4v) is 3.24. The molecule has 0 spiro atoms. The summed E-state index contributed by atoms with van der Waals surface area (Å²) in [4.78, 5) is 20.9. The summed E-state index contributed by atoms with van der Waals surface area (Å²) in [7, 11) is 0. The van der Waals surface area contributed by atoms with E-state index in [-0.39, 0.29) is 12.3 Å². The van der Waals surface area contributed by atoms with Crippen molar-refractivity contribution in [3.05, 3.63) is 68.9 Å². The van der Waals surface area contributed by atoms with Crippen molar-refractivity contribution in [2.24, 2.45) is 0 Å². The molecule has 0 aliphatic heterocycles. The molecule has 0 radical (unpaired) electrons. The third-order valence-electron chi connectivity index (χ3n) is 3.65. The maximum Gasteiger partial charge on any atom is 0.230 e. The van der Waals surface area contributed by atoms with Gasteiger partial charge in [0.15, 0.2) is 0 Å². The van der Waals surface area contributed by atoms with E-state index in [4.69, 9.17) is 16.3 Å². The Labute approximate surface area is 161 Å². The number of nitrogens with zero attached hydrogens (tertiary/aromatic N) is 2. The van der Waals surface area contributed by atoms with Gasteiger partial charge in [-0.1, -0.05) is 11.6 Å². The van der Waals surface area contributed by atoms with Crippen molar-refractivity contribution in [3.8, 4) is 5.75 Å². The number of benzene rings is 1. The average molecular weight is 388 g/mol. The van der Waals surface area contributed by atoms with Crippen LogP contribution >= 0.6 is 22.9 Å². The van der Waals surface area contributed by atoms with Crippen molar-refractivity contribution in [2.45, 2.75) is 26.9 Å². The van der Waals surface area contributed by atoms with Gasteiger partial charge in [0.25, 0.3) is 0 Å². The van der Waals surface area contributed by atoms with Gasteiger partial charge in [-0.05, 0) is 49.7 Å². The molecule has 1 N–H and O–H groups in total. The van der Waals surface area contributed by atoms with Crippen molar-refractivity contribution >= 4 is 34.5 Å². The number of halogens is 1. The minimum atomic E-state index is -0.115. The van der Waals surface area contributed by atoms with E-state index in [0.717, 1.165) is 27.6 Å². The molecule has 0 saturated heterocycles. The molecule has 1 aromatic carbocycles. The molecule has 2 aromatic heterocycles. The highest BCUT2D eigenvalue weighted by atomic mass is 35.5. The lowest BCUT2D eigenvalue weighted by Crippen LogP contribution is -2.15. The Morgan fingerprint density at radius 3 is 2.85 bits per heavy atom. The lowest BCUT2D eigenvalue weighted by Gasteiger charge is -2.07. The molecular formula is C19H18ClN3O2S. The summed E-state index contributed by atoms with van der Waals surface area (Å²) in [5, 5.41) is 6.22. The molecular weight excluding hydrogens is 370 g/mol. The number of nitrogens with one attached hydrogen (secondary N) is 1. The summed E-state index contributed by atoms with van der Waals surface area (Å²) in [6, 6.07) is 9.13. The molecule has 1 amide bonds. The third-order valence-corrected chi connectivity index (χ3v) is 4.76. The second kappa shape index (κ2) is 8.29. The van der Waals surface area contributed by atoms with Gasteiger partial charge in [-0.15, -0.1) is 11.3 Å². The Hall–Kier alpha value is -2.44. The zero-order valence-electron chi connectivity index (χ0n) is 14.5. The van der Waals surface area contributed by atoms with Crippen LogP contribution in [-0.2, 0) is 17.8 Å². The maximum absolute atomic E-state index is 12.2. The number of ether oxygens (including phenoxy) is 1. The monoisotopic (exact) mass is 387 g/mol. The van der Waals surface area contributed by atoms with E-state index >= 15 is 0 Å². The van der Waals surface area contributed by atoms with Crippen LogP contribution in [-0.4, -0.2) is 15.9 Å². The first-order valence-electron chi connectivity index (χ1n) is 8.04. The van der Waals surface area contributed by atoms with Crippen LogP contribution in [0.2, 0.25) is 5.02 Å². The number of carbonyl (C=O) groups is 1. The van der Waals surface area contributed by atoms with Crippen LogP contribution in [0.15, 0.2) is 41.9 Å². The van der Waals surface area contributed by atoms with Crippen molar-refractivity contribution in [2.75, 3.05) is 5.32 Å². The summed E-state index contributed by atoms with van der Waals surface area (Å²) in [6.07, 6.45) is 1.90. The van der Waals surface area contributed by atoms with Crippen LogP contribution in [0, 0.1) is 13.8 Å². The smallest absolute Gasteiger partial charge is 0.230 e. The summed E-state index contributed by atoms with van der Waals surface area (Å²) >= 11 is 7.40. The third kappa shape index (κ3) is 5.03. The fourth-order valence-electron chi connectivity index (χ4n) is 2.31. The number of anilines is 1. The van der Waals surface area contributed by atoms with Crippen molar-refractivity contribution < 1.29 is 9.53 Å². The lowest BCUT2D eigenvalue weighted by atomic mass is 10.2. The molecule has 3 aromatic rings. The number of rotatable bonds is 6. The summed E-state index contributed by atoms with van der Waals surface area (Å²) < 4.78 is 5.66. The molecule has 2 heterocycles. The van der Waals surface area contributed by atoms with Crippen LogP contribution in [0.1, 0.15) is 22.0 Å². The number of hydrogen-bond acceptors (Lipinski definition) is 5. The first-order chi connectivity index (χ1) is 12.5. The van der Waals surface area contributed by atoms with Gasteiger partial charge in [0.05, 0.1) is 18.3 Å². The second-order valence-electron chi connectivity index (χ2n) is 5.84. The number of carbonyl (C=O) groups excluding carboxylic acids is 1. The average Bonchev–Trinajstić information content (AvgIpc) is 3.04. The number of aromatic nitrogens is 2. The number of thiazole rings is 1. The van der Waals surface area contributed by atoms with E-state index in [1.165, 1.54) is 11.3 Å². The van der Waals surface area contributed by atoms with E-state index in [0.29, 0.717) is 17.4 Å². The number of pyridine rings is 1. The van der Waals surface area contributed by atoms with Crippen LogP contribution in [0.4, 0.5) is 5.69 Å². The van der Waals surface area contributed by atoms with E-state index in [1.54, 1.807) is 18.3 Å². The molecule has 0 bridgehead atoms. The molecule has 26 heavy (non-hydrogen) atoms. The van der Waals surface area contributed by atoms with Crippen LogP contribution < -0.4 is 10.1 Å². The minimum Gasteiger partial charge on any atom is -0.485 e. The SMILES string of the molecule is Cc1ccc(OCc2nc(CC(=O)Nc3ccc(Cl)cc3C)cs2)cn1. The van der Waals surface area contributed by atoms with Gasteiger partial charge in [0, 0.05) is 21.8 Å². The molecule has 0 atom stereocenters. The topological polar surface area (TPSA) is 64.1 Å². The summed E-state index contributed by atoms with van der Waals surface area (Å²) in [6.45, 7) is 4.18. The predicted molar refractivity (Wildman–Crippen MR) is 104 cm³/mol. The van der Waals surface area contributed by atoms with Gasteiger partial charge in [-0.25, -0.2) is 4.98 Å². The van der Waals surface area contributed by atoms with Crippen LogP contribution in [0.5, 0.6) is 5.75 Å². The van der Waals surface area contributed by atoms with E-state index in [2.05, 4.69) is 15.3 Å². The largest absolute Gasteiger partial charge is 0.485 e. The maximum atomic E-state index is 12.2. The van der Waals surface area contributed by atoms with Gasteiger partial charge in [0.1, 0.15) is 17.4 Å². The Morgan fingerprint density at radius 1 is 1.27 bits per heavy atom. The minimum absolute atomic E-state index is 0.115. The van der Waals surface area contributed by atoms with Crippen molar-refractivity contribution in [3.63, 3.8) is 0 Å². The number of aryl methyl sites for hydroxylation is 2. The Morgan fingerprint density at radius 2 is 2.12 bits per heavy atom. The summed E-state index contributed by atoms with van der Waals surface area (Å²) in [5.74, 6) is 0.583. The Kier molecular flexibility index (Phi) is 5.85. The van der Waals surface area contributed by atoms with E-state index in [9.17, 15) is 4.79 Å². The van der Waals surface area contributed by atoms with Crippen molar-refractivity contribution in [1.29, 1.82) is 0 Å². The normalized spacial score (nSPS) is 10.6. The first kappa shape index (κ1) is 18.4. The molecule has 5 nitrogen and oxygen atoms in total. The zero-order chi connectivity index (χ0) is 18.5. The molecule has 3 rings (SSSR count). The molecule has 0 saturated carbocycles. The highest BCUT2D eigenvalue weighted by Gasteiger charge is 2.10. The molecule has 0 fully saturated rings. The fraction of sp³-hybridized carbons (Fsp3) is 0.211. The highest BCUT2D eigenvalue weighted by Crippen LogP contribution is 2.20.